The lowest BCUT2D eigenvalue weighted by molar-refractivity contribution is -0.198. The Morgan fingerprint density at radius 1 is 1.21 bits per heavy atom. The lowest BCUT2D eigenvalue weighted by atomic mass is 10.2. The molecule has 0 bridgehead atoms. The van der Waals surface area contributed by atoms with Gasteiger partial charge in [-0.15, -0.1) is 0 Å². The SMILES string of the molecule is CCOc1ccc(CN2CC[C@@H](Nc3cnc(C=CC(=O)NOC4CCCCO4)cn3)C2)cc1. The van der Waals surface area contributed by atoms with Crippen LogP contribution >= 0.6 is 0 Å². The van der Waals surface area contributed by atoms with Gasteiger partial charge in [0.15, 0.2) is 6.29 Å². The molecule has 0 radical (unpaired) electrons. The molecule has 1 aromatic heterocycles. The first-order chi connectivity index (χ1) is 16.7. The van der Waals surface area contributed by atoms with Gasteiger partial charge in [0.1, 0.15) is 11.6 Å². The number of carbonyl (C=O) groups excluding carboxylic acids is 1. The molecule has 4 rings (SSSR count). The summed E-state index contributed by atoms with van der Waals surface area (Å²) in [6, 6.07) is 8.62. The number of benzene rings is 1. The number of anilines is 1. The van der Waals surface area contributed by atoms with Gasteiger partial charge in [0.05, 0.1) is 24.7 Å². The Kier molecular flexibility index (Phi) is 8.84. The summed E-state index contributed by atoms with van der Waals surface area (Å²) in [5.41, 5.74) is 4.26. The number of carbonyl (C=O) groups is 1. The Morgan fingerprint density at radius 3 is 2.82 bits per heavy atom. The van der Waals surface area contributed by atoms with E-state index >= 15 is 0 Å². The van der Waals surface area contributed by atoms with E-state index < -0.39 is 0 Å². The van der Waals surface area contributed by atoms with Gasteiger partial charge in [0.25, 0.3) is 5.91 Å². The molecule has 9 nitrogen and oxygen atoms in total. The van der Waals surface area contributed by atoms with Crippen molar-refractivity contribution in [2.45, 2.75) is 51.5 Å². The highest BCUT2D eigenvalue weighted by Crippen LogP contribution is 2.19. The number of hydrogen-bond acceptors (Lipinski definition) is 8. The van der Waals surface area contributed by atoms with Crippen molar-refractivity contribution in [2.75, 3.05) is 31.6 Å². The Morgan fingerprint density at radius 2 is 2.09 bits per heavy atom. The second kappa shape index (κ2) is 12.5. The zero-order chi connectivity index (χ0) is 23.6. The van der Waals surface area contributed by atoms with E-state index in [9.17, 15) is 4.79 Å². The number of likely N-dealkylation sites (tertiary alicyclic amines) is 1. The van der Waals surface area contributed by atoms with Crippen molar-refractivity contribution in [1.82, 2.24) is 20.3 Å². The van der Waals surface area contributed by atoms with Crippen LogP contribution in [0.1, 0.15) is 43.9 Å². The molecule has 0 aliphatic carbocycles. The number of ether oxygens (including phenoxy) is 2. The van der Waals surface area contributed by atoms with E-state index in [4.69, 9.17) is 14.3 Å². The zero-order valence-electron chi connectivity index (χ0n) is 19.6. The summed E-state index contributed by atoms with van der Waals surface area (Å²) in [5, 5.41) is 3.46. The number of hydrogen-bond donors (Lipinski definition) is 2. The maximum absolute atomic E-state index is 11.9. The molecule has 2 aliphatic heterocycles. The fourth-order valence-corrected chi connectivity index (χ4v) is 4.04. The van der Waals surface area contributed by atoms with Crippen LogP contribution in [0, 0.1) is 0 Å². The molecule has 34 heavy (non-hydrogen) atoms. The van der Waals surface area contributed by atoms with Gasteiger partial charge in [-0.2, -0.15) is 0 Å². The summed E-state index contributed by atoms with van der Waals surface area (Å²) in [7, 11) is 0. The minimum Gasteiger partial charge on any atom is -0.494 e. The molecule has 2 N–H and O–H groups in total. The van der Waals surface area contributed by atoms with E-state index in [0.29, 0.717) is 24.9 Å². The molecule has 182 valence electrons. The molecule has 3 heterocycles. The fraction of sp³-hybridized carbons (Fsp3) is 0.480. The smallest absolute Gasteiger partial charge is 0.267 e. The number of nitrogens with zero attached hydrogens (tertiary/aromatic N) is 3. The molecule has 2 aliphatic rings. The van der Waals surface area contributed by atoms with E-state index in [0.717, 1.165) is 56.9 Å². The van der Waals surface area contributed by atoms with Gasteiger partial charge >= 0.3 is 0 Å². The van der Waals surface area contributed by atoms with E-state index in [1.54, 1.807) is 18.5 Å². The van der Waals surface area contributed by atoms with Gasteiger partial charge in [-0.3, -0.25) is 14.7 Å². The molecule has 2 saturated heterocycles. The van der Waals surface area contributed by atoms with Gasteiger partial charge < -0.3 is 14.8 Å². The summed E-state index contributed by atoms with van der Waals surface area (Å²) < 4.78 is 10.9. The molecule has 0 spiro atoms. The largest absolute Gasteiger partial charge is 0.494 e. The number of rotatable bonds is 10. The number of nitrogens with one attached hydrogen (secondary N) is 2. The highest BCUT2D eigenvalue weighted by molar-refractivity contribution is 5.90. The van der Waals surface area contributed by atoms with Gasteiger partial charge in [0.2, 0.25) is 0 Å². The van der Waals surface area contributed by atoms with Crippen LogP contribution in [0.3, 0.4) is 0 Å². The molecule has 1 unspecified atom stereocenters. The minimum absolute atomic E-state index is 0.323. The Balaban J connectivity index is 1.18. The van der Waals surface area contributed by atoms with Crippen LogP contribution in [0.5, 0.6) is 5.75 Å². The summed E-state index contributed by atoms with van der Waals surface area (Å²) in [6.45, 7) is 6.22. The van der Waals surface area contributed by atoms with E-state index in [2.05, 4.69) is 37.8 Å². The number of aromatic nitrogens is 2. The van der Waals surface area contributed by atoms with Crippen molar-refractivity contribution < 1.29 is 19.1 Å². The lowest BCUT2D eigenvalue weighted by Crippen LogP contribution is -2.32. The first kappa shape index (κ1) is 24.1. The maximum Gasteiger partial charge on any atom is 0.267 e. The molecule has 0 saturated carbocycles. The predicted molar refractivity (Wildman–Crippen MR) is 129 cm³/mol. The Labute approximate surface area is 200 Å². The average molecular weight is 468 g/mol. The molecular weight excluding hydrogens is 434 g/mol. The van der Waals surface area contributed by atoms with Crippen LogP contribution < -0.4 is 15.5 Å². The first-order valence-electron chi connectivity index (χ1n) is 12.0. The van der Waals surface area contributed by atoms with Crippen molar-refractivity contribution in [1.29, 1.82) is 0 Å². The standard InChI is InChI=1S/C25H33N5O4/c1-2-32-22-9-6-19(7-10-22)17-30-13-12-21(18-30)28-23-16-26-20(15-27-23)8-11-24(31)29-34-25-5-3-4-14-33-25/h6-11,15-16,21,25H,2-5,12-14,17-18H2,1H3,(H,27,28)(H,29,31)/t21-,25?/m1/s1. The van der Waals surface area contributed by atoms with Crippen molar-refractivity contribution in [3.05, 3.63) is 54.0 Å². The average Bonchev–Trinajstić information content (AvgIpc) is 3.31. The summed E-state index contributed by atoms with van der Waals surface area (Å²) in [6.07, 6.45) is 9.83. The van der Waals surface area contributed by atoms with Crippen LogP contribution in [0.15, 0.2) is 42.7 Å². The highest BCUT2D eigenvalue weighted by Gasteiger charge is 2.22. The van der Waals surface area contributed by atoms with Crippen LogP contribution in [-0.2, 0) is 20.9 Å². The molecular formula is C25H33N5O4. The molecule has 9 heteroatoms. The minimum atomic E-state index is -0.372. The van der Waals surface area contributed by atoms with Crippen LogP contribution in [0.25, 0.3) is 6.08 Å². The number of hydroxylamine groups is 1. The normalized spacial score (nSPS) is 21.0. The molecule has 2 atom stereocenters. The maximum atomic E-state index is 11.9. The van der Waals surface area contributed by atoms with Crippen molar-refractivity contribution in [3.8, 4) is 5.75 Å². The quantitative estimate of drug-likeness (QED) is 0.406. The van der Waals surface area contributed by atoms with E-state index in [1.165, 1.54) is 11.6 Å². The summed E-state index contributed by atoms with van der Waals surface area (Å²) >= 11 is 0. The molecule has 1 amide bonds. The van der Waals surface area contributed by atoms with Crippen LogP contribution in [0.4, 0.5) is 5.82 Å². The Hall–Kier alpha value is -3.01. The van der Waals surface area contributed by atoms with E-state index in [-0.39, 0.29) is 12.2 Å². The third kappa shape index (κ3) is 7.51. The second-order valence-electron chi connectivity index (χ2n) is 8.48. The third-order valence-electron chi connectivity index (χ3n) is 5.77. The zero-order valence-corrected chi connectivity index (χ0v) is 19.6. The molecule has 1 aromatic carbocycles. The van der Waals surface area contributed by atoms with Gasteiger partial charge in [-0.1, -0.05) is 12.1 Å². The second-order valence-corrected chi connectivity index (χ2v) is 8.48. The van der Waals surface area contributed by atoms with Gasteiger partial charge in [-0.05, 0) is 50.0 Å². The van der Waals surface area contributed by atoms with Crippen LogP contribution in [0.2, 0.25) is 0 Å². The molecule has 2 aromatic rings. The van der Waals surface area contributed by atoms with E-state index in [1.807, 2.05) is 19.1 Å². The van der Waals surface area contributed by atoms with Crippen molar-refractivity contribution in [2.24, 2.45) is 0 Å². The number of amides is 1. The van der Waals surface area contributed by atoms with Gasteiger partial charge in [-0.25, -0.2) is 15.3 Å². The topological polar surface area (TPSA) is 97.8 Å². The highest BCUT2D eigenvalue weighted by atomic mass is 16.8. The first-order valence-corrected chi connectivity index (χ1v) is 12.0. The van der Waals surface area contributed by atoms with Crippen LogP contribution in [-0.4, -0.2) is 59.4 Å². The Bertz CT molecular complexity index is 929. The molecule has 2 fully saturated rings. The van der Waals surface area contributed by atoms with Crippen molar-refractivity contribution in [3.63, 3.8) is 0 Å². The van der Waals surface area contributed by atoms with Gasteiger partial charge in [0, 0.05) is 44.8 Å². The summed E-state index contributed by atoms with van der Waals surface area (Å²) in [4.78, 5) is 28.4. The third-order valence-corrected chi connectivity index (χ3v) is 5.77. The monoisotopic (exact) mass is 467 g/mol. The lowest BCUT2D eigenvalue weighted by Gasteiger charge is -2.21. The summed E-state index contributed by atoms with van der Waals surface area (Å²) in [5.74, 6) is 1.27. The fourth-order valence-electron chi connectivity index (χ4n) is 4.04. The van der Waals surface area contributed by atoms with Crippen molar-refractivity contribution >= 4 is 17.8 Å². The predicted octanol–water partition coefficient (Wildman–Crippen LogP) is 3.15.